The van der Waals surface area contributed by atoms with E-state index in [1.165, 1.54) is 18.3 Å². The normalized spacial score (nSPS) is 9.27. The van der Waals surface area contributed by atoms with Crippen LogP contribution in [0.25, 0.3) is 0 Å². The first-order chi connectivity index (χ1) is 6.54. The summed E-state index contributed by atoms with van der Waals surface area (Å²) in [5.74, 6) is -0.201. The summed E-state index contributed by atoms with van der Waals surface area (Å²) >= 11 is 4.29. The number of nitrogens with zero attached hydrogens (tertiary/aromatic N) is 1. The van der Waals surface area contributed by atoms with Crippen LogP contribution in [0.2, 0.25) is 0 Å². The van der Waals surface area contributed by atoms with E-state index in [2.05, 4.69) is 26.2 Å². The van der Waals surface area contributed by atoms with Gasteiger partial charge in [-0.15, -0.1) is 17.0 Å². The molecular formula is C8H10Br2N2O2S. The zero-order valence-electron chi connectivity index (χ0n) is 8.17. The molecule has 0 atom stereocenters. The minimum atomic E-state index is -0.184. The third-order valence-corrected chi connectivity index (χ3v) is 3.08. The number of carbonyl (C=O) groups is 2. The van der Waals surface area contributed by atoms with E-state index in [1.54, 1.807) is 6.92 Å². The van der Waals surface area contributed by atoms with Crippen LogP contribution in [-0.4, -0.2) is 22.0 Å². The average Bonchev–Trinajstić information content (AvgIpc) is 2.44. The lowest BCUT2D eigenvalue weighted by molar-refractivity contribution is -0.114. The first kappa shape index (κ1) is 14.7. The molecule has 0 aliphatic rings. The van der Waals surface area contributed by atoms with E-state index in [1.807, 2.05) is 0 Å². The second-order valence-corrected chi connectivity index (χ2v) is 4.23. The van der Waals surface area contributed by atoms with E-state index in [0.29, 0.717) is 15.7 Å². The molecule has 84 valence electrons. The van der Waals surface area contributed by atoms with Crippen LogP contribution >= 0.6 is 44.2 Å². The summed E-state index contributed by atoms with van der Waals surface area (Å²) in [6, 6.07) is 0. The number of aromatic nitrogens is 1. The molecule has 0 aromatic carbocycles. The molecule has 0 spiro atoms. The predicted octanol–water partition coefficient (Wildman–Crippen LogP) is 2.57. The number of ketones is 1. The summed E-state index contributed by atoms with van der Waals surface area (Å²) in [6.45, 7) is 3.15. The van der Waals surface area contributed by atoms with Crippen molar-refractivity contribution in [2.24, 2.45) is 0 Å². The number of halogens is 2. The lowest BCUT2D eigenvalue weighted by Gasteiger charge is -1.92. The summed E-state index contributed by atoms with van der Waals surface area (Å²) < 4.78 is 0. The van der Waals surface area contributed by atoms with Crippen LogP contribution in [0.5, 0.6) is 0 Å². The van der Waals surface area contributed by atoms with Crippen molar-refractivity contribution in [2.45, 2.75) is 13.8 Å². The van der Waals surface area contributed by atoms with E-state index >= 15 is 0 Å². The average molecular weight is 358 g/mol. The maximum Gasteiger partial charge on any atom is 0.223 e. The number of aryl methyl sites for hydroxylation is 1. The number of amides is 1. The highest BCUT2D eigenvalue weighted by Crippen LogP contribution is 2.23. The van der Waals surface area contributed by atoms with Gasteiger partial charge in [0.1, 0.15) is 0 Å². The van der Waals surface area contributed by atoms with Crippen molar-refractivity contribution in [3.63, 3.8) is 0 Å². The molecule has 1 rings (SSSR count). The lowest BCUT2D eigenvalue weighted by Crippen LogP contribution is -2.04. The highest BCUT2D eigenvalue weighted by atomic mass is 79.9. The maximum absolute atomic E-state index is 11.3. The number of alkyl halides is 1. The van der Waals surface area contributed by atoms with Gasteiger partial charge in [0.05, 0.1) is 15.9 Å². The fraction of sp³-hybridized carbons (Fsp3) is 0.375. The van der Waals surface area contributed by atoms with Crippen LogP contribution in [0.4, 0.5) is 5.13 Å². The highest BCUT2D eigenvalue weighted by Gasteiger charge is 2.14. The van der Waals surface area contributed by atoms with E-state index in [-0.39, 0.29) is 34.0 Å². The molecule has 1 amide bonds. The Kier molecular flexibility index (Phi) is 6.23. The summed E-state index contributed by atoms with van der Waals surface area (Å²) in [5.41, 5.74) is 0.656. The Morgan fingerprint density at radius 1 is 1.53 bits per heavy atom. The molecule has 15 heavy (non-hydrogen) atoms. The molecule has 0 aliphatic carbocycles. The number of anilines is 1. The molecule has 0 radical (unpaired) electrons. The van der Waals surface area contributed by atoms with E-state index in [4.69, 9.17) is 0 Å². The molecule has 4 nitrogen and oxygen atoms in total. The summed E-state index contributed by atoms with van der Waals surface area (Å²) in [4.78, 5) is 26.7. The molecule has 1 N–H and O–H groups in total. The van der Waals surface area contributed by atoms with Gasteiger partial charge >= 0.3 is 0 Å². The molecule has 0 unspecified atom stereocenters. The SMILES string of the molecule is Br.CC(=O)Nc1nc(C)c(C(=O)CBr)s1. The van der Waals surface area contributed by atoms with Crippen LogP contribution in [-0.2, 0) is 4.79 Å². The Labute approximate surface area is 110 Å². The molecule has 0 saturated carbocycles. The van der Waals surface area contributed by atoms with Crippen molar-refractivity contribution in [1.29, 1.82) is 0 Å². The predicted molar refractivity (Wildman–Crippen MR) is 69.6 cm³/mol. The zero-order valence-corrected chi connectivity index (χ0v) is 12.3. The standard InChI is InChI=1S/C8H9BrN2O2S.BrH/c1-4-7(6(13)3-9)14-8(10-4)11-5(2)12;/h3H2,1-2H3,(H,10,11,12);1H. The third kappa shape index (κ3) is 4.00. The summed E-state index contributed by atoms with van der Waals surface area (Å²) in [5, 5.41) is 3.29. The van der Waals surface area contributed by atoms with Gasteiger partial charge in [-0.05, 0) is 6.92 Å². The fourth-order valence-electron chi connectivity index (χ4n) is 0.920. The molecule has 0 fully saturated rings. The second-order valence-electron chi connectivity index (χ2n) is 2.67. The van der Waals surface area contributed by atoms with Crippen molar-refractivity contribution in [1.82, 2.24) is 4.98 Å². The van der Waals surface area contributed by atoms with Gasteiger partial charge in [-0.2, -0.15) is 0 Å². The van der Waals surface area contributed by atoms with Crippen LogP contribution < -0.4 is 5.32 Å². The Morgan fingerprint density at radius 3 is 2.60 bits per heavy atom. The van der Waals surface area contributed by atoms with Crippen LogP contribution in [0.3, 0.4) is 0 Å². The molecule has 1 aromatic heterocycles. The minimum Gasteiger partial charge on any atom is -0.302 e. The van der Waals surface area contributed by atoms with Gasteiger partial charge in [0.2, 0.25) is 5.91 Å². The van der Waals surface area contributed by atoms with Crippen molar-refractivity contribution < 1.29 is 9.59 Å². The number of rotatable bonds is 3. The Hall–Kier alpha value is -0.270. The fourth-order valence-corrected chi connectivity index (χ4v) is 2.34. The van der Waals surface area contributed by atoms with Crippen molar-refractivity contribution in [3.8, 4) is 0 Å². The molecule has 0 aliphatic heterocycles. The maximum atomic E-state index is 11.3. The molecule has 7 heteroatoms. The third-order valence-electron chi connectivity index (χ3n) is 1.45. The van der Waals surface area contributed by atoms with Crippen molar-refractivity contribution in [2.75, 3.05) is 10.6 Å². The van der Waals surface area contributed by atoms with E-state index < -0.39 is 0 Å². The summed E-state index contributed by atoms with van der Waals surface area (Å²) in [6.07, 6.45) is 0. The topological polar surface area (TPSA) is 59.1 Å². The highest BCUT2D eigenvalue weighted by molar-refractivity contribution is 9.09. The zero-order chi connectivity index (χ0) is 10.7. The van der Waals surface area contributed by atoms with Crippen LogP contribution in [0, 0.1) is 6.92 Å². The van der Waals surface area contributed by atoms with Gasteiger partial charge in [-0.25, -0.2) is 4.98 Å². The van der Waals surface area contributed by atoms with Gasteiger partial charge in [0, 0.05) is 6.92 Å². The molecule has 1 aromatic rings. The van der Waals surface area contributed by atoms with Crippen LogP contribution in [0.1, 0.15) is 22.3 Å². The van der Waals surface area contributed by atoms with Gasteiger partial charge in [-0.1, -0.05) is 27.3 Å². The Bertz CT molecular complexity index is 379. The quantitative estimate of drug-likeness (QED) is 0.668. The number of carbonyl (C=O) groups excluding carboxylic acids is 2. The van der Waals surface area contributed by atoms with Gasteiger partial charge in [0.25, 0.3) is 0 Å². The number of Topliss-reactive ketones (excluding diaryl/α,β-unsaturated/α-hetero) is 1. The van der Waals surface area contributed by atoms with E-state index in [0.717, 1.165) is 0 Å². The molecule has 0 saturated heterocycles. The number of hydrogen-bond acceptors (Lipinski definition) is 4. The van der Waals surface area contributed by atoms with E-state index in [9.17, 15) is 9.59 Å². The lowest BCUT2D eigenvalue weighted by atomic mass is 10.3. The first-order valence-electron chi connectivity index (χ1n) is 3.88. The van der Waals surface area contributed by atoms with Crippen molar-refractivity contribution >= 4 is 61.1 Å². The van der Waals surface area contributed by atoms with Gasteiger partial charge in [-0.3, -0.25) is 9.59 Å². The van der Waals surface area contributed by atoms with Gasteiger partial charge < -0.3 is 5.32 Å². The molecular weight excluding hydrogens is 348 g/mol. The number of thiazole rings is 1. The largest absolute Gasteiger partial charge is 0.302 e. The molecule has 1 heterocycles. The van der Waals surface area contributed by atoms with Gasteiger partial charge in [0.15, 0.2) is 10.9 Å². The smallest absolute Gasteiger partial charge is 0.223 e. The minimum absolute atomic E-state index is 0. The Balaban J connectivity index is 0.00000196. The number of nitrogens with one attached hydrogen (secondary N) is 1. The van der Waals surface area contributed by atoms with Crippen LogP contribution in [0.15, 0.2) is 0 Å². The number of hydrogen-bond donors (Lipinski definition) is 1. The monoisotopic (exact) mass is 356 g/mol. The first-order valence-corrected chi connectivity index (χ1v) is 5.82. The second kappa shape index (κ2) is 6.34. The Morgan fingerprint density at radius 2 is 2.13 bits per heavy atom. The van der Waals surface area contributed by atoms with Crippen molar-refractivity contribution in [3.05, 3.63) is 10.6 Å². The molecule has 0 bridgehead atoms. The summed E-state index contributed by atoms with van der Waals surface area (Å²) in [7, 11) is 0.